The number of hydrogen-bond acceptors (Lipinski definition) is 1. The minimum atomic E-state index is 0.200. The Morgan fingerprint density at radius 1 is 1.14 bits per heavy atom. The van der Waals surface area contributed by atoms with Crippen LogP contribution in [0.5, 0.6) is 0 Å². The summed E-state index contributed by atoms with van der Waals surface area (Å²) in [6.45, 7) is 9.35. The molecule has 0 aliphatic rings. The van der Waals surface area contributed by atoms with Gasteiger partial charge in [0.1, 0.15) is 0 Å². The molecule has 0 amide bonds. The van der Waals surface area contributed by atoms with Crippen LogP contribution in [0.4, 0.5) is 0 Å². The summed E-state index contributed by atoms with van der Waals surface area (Å²) in [4.78, 5) is 0. The molecule has 0 radical (unpaired) electrons. The third kappa shape index (κ3) is 3.61. The molecule has 14 heavy (non-hydrogen) atoms. The molecule has 0 aromatic heterocycles. The van der Waals surface area contributed by atoms with Gasteiger partial charge in [0.2, 0.25) is 0 Å². The summed E-state index contributed by atoms with van der Waals surface area (Å²) in [5, 5.41) is 9.60. The Bertz CT molecular complexity index is 127. The lowest BCUT2D eigenvalue weighted by molar-refractivity contribution is 0.0480. The quantitative estimate of drug-likeness (QED) is 0.628. The zero-order valence-electron chi connectivity index (χ0n) is 10.5. The molecule has 1 heteroatoms. The standard InChI is InChI=1S/C13H28O/c1-5-8-10-13(7-3,11-14)12(4)9-6-2/h12,14H,5-11H2,1-4H3. The Hall–Kier alpha value is -0.0400. The average Bonchev–Trinajstić information content (AvgIpc) is 2.21. The van der Waals surface area contributed by atoms with E-state index in [2.05, 4.69) is 27.7 Å². The maximum atomic E-state index is 9.60. The van der Waals surface area contributed by atoms with Crippen molar-refractivity contribution in [2.75, 3.05) is 6.61 Å². The summed E-state index contributed by atoms with van der Waals surface area (Å²) in [6.07, 6.45) is 7.28. The number of aliphatic hydroxyl groups is 1. The summed E-state index contributed by atoms with van der Waals surface area (Å²) >= 11 is 0. The lowest BCUT2D eigenvalue weighted by Gasteiger charge is -2.37. The first-order valence-electron chi connectivity index (χ1n) is 6.27. The van der Waals surface area contributed by atoms with Crippen LogP contribution in [0.2, 0.25) is 0 Å². The molecular weight excluding hydrogens is 172 g/mol. The van der Waals surface area contributed by atoms with E-state index >= 15 is 0 Å². The smallest absolute Gasteiger partial charge is 0.0489 e. The van der Waals surface area contributed by atoms with Crippen molar-refractivity contribution in [2.45, 2.75) is 66.2 Å². The molecule has 2 atom stereocenters. The van der Waals surface area contributed by atoms with E-state index in [1.54, 1.807) is 0 Å². The molecule has 0 saturated heterocycles. The van der Waals surface area contributed by atoms with Gasteiger partial charge >= 0.3 is 0 Å². The van der Waals surface area contributed by atoms with Gasteiger partial charge in [0, 0.05) is 6.61 Å². The minimum Gasteiger partial charge on any atom is -0.396 e. The minimum absolute atomic E-state index is 0.200. The number of hydrogen-bond donors (Lipinski definition) is 1. The van der Waals surface area contributed by atoms with Gasteiger partial charge in [0.15, 0.2) is 0 Å². The highest BCUT2D eigenvalue weighted by Gasteiger charge is 2.32. The van der Waals surface area contributed by atoms with Crippen LogP contribution in [0.3, 0.4) is 0 Å². The molecule has 1 nitrogen and oxygen atoms in total. The Morgan fingerprint density at radius 3 is 2.14 bits per heavy atom. The van der Waals surface area contributed by atoms with E-state index in [1.165, 1.54) is 32.1 Å². The van der Waals surface area contributed by atoms with Crippen LogP contribution in [0.15, 0.2) is 0 Å². The van der Waals surface area contributed by atoms with Gasteiger partial charge in [-0.2, -0.15) is 0 Å². The van der Waals surface area contributed by atoms with E-state index in [0.717, 1.165) is 6.42 Å². The topological polar surface area (TPSA) is 20.2 Å². The normalized spacial score (nSPS) is 17.8. The predicted molar refractivity (Wildman–Crippen MR) is 63.4 cm³/mol. The summed E-state index contributed by atoms with van der Waals surface area (Å²) in [6, 6.07) is 0. The number of aliphatic hydroxyl groups excluding tert-OH is 1. The van der Waals surface area contributed by atoms with Crippen LogP contribution >= 0.6 is 0 Å². The van der Waals surface area contributed by atoms with Crippen molar-refractivity contribution < 1.29 is 5.11 Å². The molecule has 2 unspecified atom stereocenters. The molecule has 1 N–H and O–H groups in total. The van der Waals surface area contributed by atoms with Gasteiger partial charge in [-0.05, 0) is 24.2 Å². The molecule has 0 fully saturated rings. The Kier molecular flexibility index (Phi) is 7.26. The van der Waals surface area contributed by atoms with Crippen LogP contribution in [0, 0.1) is 11.3 Å². The molecule has 0 rings (SSSR count). The van der Waals surface area contributed by atoms with Crippen LogP contribution in [-0.2, 0) is 0 Å². The number of rotatable bonds is 8. The average molecular weight is 200 g/mol. The van der Waals surface area contributed by atoms with Gasteiger partial charge in [0.05, 0.1) is 0 Å². The Balaban J connectivity index is 4.33. The highest BCUT2D eigenvalue weighted by atomic mass is 16.3. The fourth-order valence-corrected chi connectivity index (χ4v) is 2.39. The second-order valence-electron chi connectivity index (χ2n) is 4.67. The first-order valence-corrected chi connectivity index (χ1v) is 6.27. The third-order valence-electron chi connectivity index (χ3n) is 3.81. The van der Waals surface area contributed by atoms with E-state index in [4.69, 9.17) is 0 Å². The molecular formula is C13H28O. The van der Waals surface area contributed by atoms with Crippen LogP contribution in [0.1, 0.15) is 66.2 Å². The molecule has 0 saturated carbocycles. The van der Waals surface area contributed by atoms with Gasteiger partial charge in [-0.3, -0.25) is 0 Å². The molecule has 0 aromatic rings. The third-order valence-corrected chi connectivity index (χ3v) is 3.81. The Morgan fingerprint density at radius 2 is 1.79 bits per heavy atom. The largest absolute Gasteiger partial charge is 0.396 e. The number of unbranched alkanes of at least 4 members (excludes halogenated alkanes) is 1. The van der Waals surface area contributed by atoms with Crippen LogP contribution < -0.4 is 0 Å². The zero-order chi connectivity index (χ0) is 11.0. The lowest BCUT2D eigenvalue weighted by Crippen LogP contribution is -2.32. The second-order valence-corrected chi connectivity index (χ2v) is 4.67. The van der Waals surface area contributed by atoms with E-state index in [-0.39, 0.29) is 5.41 Å². The van der Waals surface area contributed by atoms with Gasteiger partial charge < -0.3 is 5.11 Å². The van der Waals surface area contributed by atoms with E-state index in [1.807, 2.05) is 0 Å². The molecule has 0 aliphatic carbocycles. The first-order chi connectivity index (χ1) is 6.66. The fourth-order valence-electron chi connectivity index (χ4n) is 2.39. The molecule has 0 bridgehead atoms. The first kappa shape index (κ1) is 14.0. The molecule has 0 aliphatic heterocycles. The van der Waals surface area contributed by atoms with Crippen LogP contribution in [-0.4, -0.2) is 11.7 Å². The van der Waals surface area contributed by atoms with Crippen molar-refractivity contribution in [3.63, 3.8) is 0 Å². The van der Waals surface area contributed by atoms with E-state index in [0.29, 0.717) is 12.5 Å². The van der Waals surface area contributed by atoms with Gasteiger partial charge in [0.25, 0.3) is 0 Å². The van der Waals surface area contributed by atoms with Crippen molar-refractivity contribution in [3.8, 4) is 0 Å². The lowest BCUT2D eigenvalue weighted by atomic mass is 9.70. The fraction of sp³-hybridized carbons (Fsp3) is 1.00. The van der Waals surface area contributed by atoms with Crippen molar-refractivity contribution in [1.82, 2.24) is 0 Å². The van der Waals surface area contributed by atoms with Gasteiger partial charge in [-0.25, -0.2) is 0 Å². The molecule has 0 spiro atoms. The van der Waals surface area contributed by atoms with Gasteiger partial charge in [-0.15, -0.1) is 0 Å². The maximum absolute atomic E-state index is 9.60. The van der Waals surface area contributed by atoms with Crippen LogP contribution in [0.25, 0.3) is 0 Å². The second kappa shape index (κ2) is 7.28. The highest BCUT2D eigenvalue weighted by molar-refractivity contribution is 4.82. The molecule has 86 valence electrons. The van der Waals surface area contributed by atoms with Crippen molar-refractivity contribution in [3.05, 3.63) is 0 Å². The zero-order valence-corrected chi connectivity index (χ0v) is 10.5. The van der Waals surface area contributed by atoms with E-state index < -0.39 is 0 Å². The van der Waals surface area contributed by atoms with Gasteiger partial charge in [-0.1, -0.05) is 53.4 Å². The molecule has 0 aromatic carbocycles. The SMILES string of the molecule is CCCCC(CC)(CO)C(C)CCC. The summed E-state index contributed by atoms with van der Waals surface area (Å²) in [7, 11) is 0. The summed E-state index contributed by atoms with van der Waals surface area (Å²) in [5.74, 6) is 0.661. The van der Waals surface area contributed by atoms with Crippen molar-refractivity contribution in [1.29, 1.82) is 0 Å². The Labute approximate surface area is 89.9 Å². The highest BCUT2D eigenvalue weighted by Crippen LogP contribution is 2.38. The maximum Gasteiger partial charge on any atom is 0.0489 e. The summed E-state index contributed by atoms with van der Waals surface area (Å²) in [5.41, 5.74) is 0.200. The summed E-state index contributed by atoms with van der Waals surface area (Å²) < 4.78 is 0. The molecule has 0 heterocycles. The van der Waals surface area contributed by atoms with Crippen molar-refractivity contribution >= 4 is 0 Å². The van der Waals surface area contributed by atoms with E-state index in [9.17, 15) is 5.11 Å². The predicted octanol–water partition coefficient (Wildman–Crippen LogP) is 4.00. The van der Waals surface area contributed by atoms with Crippen molar-refractivity contribution in [2.24, 2.45) is 11.3 Å². The monoisotopic (exact) mass is 200 g/mol.